The van der Waals surface area contributed by atoms with Crippen LogP contribution in [0.2, 0.25) is 0 Å². The molecule has 1 aliphatic carbocycles. The Morgan fingerprint density at radius 3 is 2.89 bits per heavy atom. The van der Waals surface area contributed by atoms with Crippen LogP contribution in [-0.4, -0.2) is 22.6 Å². The number of rotatable bonds is 2. The molecule has 2 aliphatic rings. The maximum absolute atomic E-state index is 4.95. The van der Waals surface area contributed by atoms with E-state index in [1.165, 1.54) is 30.6 Å². The van der Waals surface area contributed by atoms with Crippen LogP contribution in [0.15, 0.2) is 24.3 Å². The third-order valence-electron chi connectivity index (χ3n) is 4.42. The van der Waals surface area contributed by atoms with E-state index in [0.29, 0.717) is 6.04 Å². The van der Waals surface area contributed by atoms with E-state index in [1.54, 1.807) is 0 Å². The van der Waals surface area contributed by atoms with Crippen LogP contribution < -0.4 is 5.32 Å². The van der Waals surface area contributed by atoms with Gasteiger partial charge in [0, 0.05) is 18.0 Å². The summed E-state index contributed by atoms with van der Waals surface area (Å²) in [5.41, 5.74) is 2.69. The average Bonchev–Trinajstić information content (AvgIpc) is 2.99. The Bertz CT molecular complexity index is 589. The van der Waals surface area contributed by atoms with Gasteiger partial charge in [-0.3, -0.25) is 0 Å². The topological polar surface area (TPSA) is 29.9 Å². The molecule has 1 aromatic heterocycles. The summed E-state index contributed by atoms with van der Waals surface area (Å²) >= 11 is 0. The Kier molecular flexibility index (Phi) is 2.10. The highest BCUT2D eigenvalue weighted by molar-refractivity contribution is 5.76. The Hall–Kier alpha value is -1.35. The second-order valence-corrected chi connectivity index (χ2v) is 6.01. The van der Waals surface area contributed by atoms with Gasteiger partial charge in [-0.25, -0.2) is 4.98 Å². The lowest BCUT2D eigenvalue weighted by molar-refractivity contribution is 0.462. The van der Waals surface area contributed by atoms with Crippen LogP contribution in [0.25, 0.3) is 11.0 Å². The van der Waals surface area contributed by atoms with Crippen LogP contribution in [0.3, 0.4) is 0 Å². The second-order valence-electron chi connectivity index (χ2n) is 6.01. The summed E-state index contributed by atoms with van der Waals surface area (Å²) in [6.45, 7) is 4.53. The summed E-state index contributed by atoms with van der Waals surface area (Å²) in [6, 6.07) is 9.28. The van der Waals surface area contributed by atoms with Crippen LogP contribution >= 0.6 is 0 Å². The van der Waals surface area contributed by atoms with Gasteiger partial charge in [-0.1, -0.05) is 19.1 Å². The first-order valence-corrected chi connectivity index (χ1v) is 6.96. The van der Waals surface area contributed by atoms with Crippen molar-refractivity contribution in [3.05, 3.63) is 30.1 Å². The van der Waals surface area contributed by atoms with Crippen molar-refractivity contribution in [2.24, 2.45) is 0 Å². The first-order chi connectivity index (χ1) is 8.78. The van der Waals surface area contributed by atoms with Crippen molar-refractivity contribution in [2.45, 2.75) is 37.6 Å². The minimum atomic E-state index is 0.210. The fourth-order valence-electron chi connectivity index (χ4n) is 3.18. The Labute approximate surface area is 107 Å². The van der Waals surface area contributed by atoms with E-state index in [2.05, 4.69) is 41.1 Å². The highest BCUT2D eigenvalue weighted by atomic mass is 15.2. The zero-order valence-electron chi connectivity index (χ0n) is 10.8. The van der Waals surface area contributed by atoms with Crippen LogP contribution in [0.4, 0.5) is 0 Å². The summed E-state index contributed by atoms with van der Waals surface area (Å²) in [5.74, 6) is 1.30. The van der Waals surface area contributed by atoms with Crippen LogP contribution in [0.5, 0.6) is 0 Å². The Morgan fingerprint density at radius 2 is 2.17 bits per heavy atom. The summed E-state index contributed by atoms with van der Waals surface area (Å²) in [6.07, 6.45) is 3.83. The fraction of sp³-hybridized carbons (Fsp3) is 0.533. The predicted molar refractivity (Wildman–Crippen MR) is 72.8 cm³/mol. The normalized spacial score (nSPS) is 28.1. The first-order valence-electron chi connectivity index (χ1n) is 6.96. The number of aromatic nitrogens is 2. The first kappa shape index (κ1) is 10.6. The molecule has 4 rings (SSSR count). The molecule has 1 atom stereocenters. The number of hydrogen-bond acceptors (Lipinski definition) is 2. The van der Waals surface area contributed by atoms with E-state index in [1.807, 2.05) is 0 Å². The lowest BCUT2D eigenvalue weighted by Gasteiger charge is -2.23. The molecule has 0 radical (unpaired) electrons. The van der Waals surface area contributed by atoms with E-state index >= 15 is 0 Å². The van der Waals surface area contributed by atoms with Gasteiger partial charge in [0.2, 0.25) is 0 Å². The predicted octanol–water partition coefficient (Wildman–Crippen LogP) is 2.62. The number of fused-ring (bicyclic) bond motifs is 1. The molecule has 1 saturated heterocycles. The molecule has 18 heavy (non-hydrogen) atoms. The van der Waals surface area contributed by atoms with Crippen LogP contribution in [-0.2, 0) is 5.41 Å². The van der Waals surface area contributed by atoms with E-state index in [-0.39, 0.29) is 5.41 Å². The number of imidazole rings is 1. The smallest absolute Gasteiger partial charge is 0.117 e. The van der Waals surface area contributed by atoms with Gasteiger partial charge in [-0.2, -0.15) is 0 Å². The molecular weight excluding hydrogens is 222 g/mol. The van der Waals surface area contributed by atoms with Gasteiger partial charge >= 0.3 is 0 Å². The third-order valence-corrected chi connectivity index (χ3v) is 4.42. The molecule has 2 heterocycles. The summed E-state index contributed by atoms with van der Waals surface area (Å²) in [7, 11) is 0. The van der Waals surface area contributed by atoms with Gasteiger partial charge in [-0.15, -0.1) is 0 Å². The Balaban J connectivity index is 1.96. The summed E-state index contributed by atoms with van der Waals surface area (Å²) < 4.78 is 2.52. The molecule has 2 aromatic rings. The van der Waals surface area contributed by atoms with Crippen molar-refractivity contribution >= 4 is 11.0 Å². The average molecular weight is 241 g/mol. The van der Waals surface area contributed by atoms with Crippen molar-refractivity contribution in [3.8, 4) is 0 Å². The minimum absolute atomic E-state index is 0.210. The maximum atomic E-state index is 4.95. The van der Waals surface area contributed by atoms with Crippen LogP contribution in [0, 0.1) is 0 Å². The van der Waals surface area contributed by atoms with E-state index in [0.717, 1.165) is 18.6 Å². The zero-order valence-corrected chi connectivity index (χ0v) is 10.8. The highest BCUT2D eigenvalue weighted by Gasteiger charge is 2.39. The molecule has 0 spiro atoms. The van der Waals surface area contributed by atoms with Gasteiger partial charge < -0.3 is 9.88 Å². The van der Waals surface area contributed by atoms with Crippen molar-refractivity contribution < 1.29 is 0 Å². The van der Waals surface area contributed by atoms with E-state index < -0.39 is 0 Å². The monoisotopic (exact) mass is 241 g/mol. The molecule has 1 aliphatic heterocycles. The molecule has 94 valence electrons. The number of nitrogens with zero attached hydrogens (tertiary/aromatic N) is 2. The Morgan fingerprint density at radius 1 is 1.33 bits per heavy atom. The largest absolute Gasteiger partial charge is 0.324 e. The van der Waals surface area contributed by atoms with E-state index in [9.17, 15) is 0 Å². The van der Waals surface area contributed by atoms with Crippen molar-refractivity contribution in [2.75, 3.05) is 13.1 Å². The molecule has 0 bridgehead atoms. The standard InChI is InChI=1S/C15H19N3/c1-15(8-9-16-10-15)14-17-12-4-2-3-5-13(12)18(14)11-6-7-11/h2-5,11,16H,6-10H2,1H3. The molecule has 3 nitrogen and oxygen atoms in total. The van der Waals surface area contributed by atoms with Gasteiger partial charge in [0.05, 0.1) is 11.0 Å². The number of nitrogens with one attached hydrogen (secondary N) is 1. The van der Waals surface area contributed by atoms with Gasteiger partial charge in [0.15, 0.2) is 0 Å². The third kappa shape index (κ3) is 1.43. The SMILES string of the molecule is CC1(c2nc3ccccc3n2C2CC2)CCNC1. The molecule has 1 N–H and O–H groups in total. The minimum Gasteiger partial charge on any atom is -0.324 e. The summed E-state index contributed by atoms with van der Waals surface area (Å²) in [4.78, 5) is 4.95. The quantitative estimate of drug-likeness (QED) is 0.876. The van der Waals surface area contributed by atoms with E-state index in [4.69, 9.17) is 4.98 Å². The van der Waals surface area contributed by atoms with Gasteiger partial charge in [0.25, 0.3) is 0 Å². The molecule has 3 heteroatoms. The molecular formula is C15H19N3. The number of hydrogen-bond donors (Lipinski definition) is 1. The van der Waals surface area contributed by atoms with Crippen molar-refractivity contribution in [3.63, 3.8) is 0 Å². The van der Waals surface area contributed by atoms with Gasteiger partial charge in [0.1, 0.15) is 5.82 Å². The zero-order chi connectivity index (χ0) is 12.2. The molecule has 0 amide bonds. The highest BCUT2D eigenvalue weighted by Crippen LogP contribution is 2.42. The molecule has 1 saturated carbocycles. The fourth-order valence-corrected chi connectivity index (χ4v) is 3.18. The second kappa shape index (κ2) is 3.58. The number of para-hydroxylation sites is 2. The lowest BCUT2D eigenvalue weighted by atomic mass is 9.88. The van der Waals surface area contributed by atoms with Crippen molar-refractivity contribution in [1.82, 2.24) is 14.9 Å². The molecule has 1 aromatic carbocycles. The maximum Gasteiger partial charge on any atom is 0.117 e. The van der Waals surface area contributed by atoms with Crippen LogP contribution in [0.1, 0.15) is 38.1 Å². The molecule has 2 fully saturated rings. The van der Waals surface area contributed by atoms with Crippen molar-refractivity contribution in [1.29, 1.82) is 0 Å². The number of benzene rings is 1. The molecule has 1 unspecified atom stereocenters. The lowest BCUT2D eigenvalue weighted by Crippen LogP contribution is -2.29. The summed E-state index contributed by atoms with van der Waals surface area (Å²) in [5, 5.41) is 3.49. The van der Waals surface area contributed by atoms with Gasteiger partial charge in [-0.05, 0) is 37.9 Å².